The molecule has 3 aromatic rings. The lowest BCUT2D eigenvalue weighted by Crippen LogP contribution is -2.43. The number of ether oxygens (including phenoxy) is 1. The molecule has 1 unspecified atom stereocenters. The van der Waals surface area contributed by atoms with E-state index < -0.39 is 23.2 Å². The maximum atomic E-state index is 13.0. The van der Waals surface area contributed by atoms with Gasteiger partial charge in [-0.3, -0.25) is 14.4 Å². The fourth-order valence-electron chi connectivity index (χ4n) is 4.39. The van der Waals surface area contributed by atoms with Gasteiger partial charge in [-0.2, -0.15) is 0 Å². The Morgan fingerprint density at radius 2 is 1.50 bits per heavy atom. The van der Waals surface area contributed by atoms with Crippen LogP contribution in [0.25, 0.3) is 11.8 Å². The highest BCUT2D eigenvalue weighted by Gasteiger charge is 2.50. The van der Waals surface area contributed by atoms with Crippen molar-refractivity contribution >= 4 is 34.9 Å². The molecule has 0 aromatic heterocycles. The second-order valence-electron chi connectivity index (χ2n) is 8.92. The van der Waals surface area contributed by atoms with Crippen molar-refractivity contribution in [3.05, 3.63) is 113 Å². The van der Waals surface area contributed by atoms with Gasteiger partial charge < -0.3 is 10.1 Å². The van der Waals surface area contributed by atoms with Crippen LogP contribution in [0.3, 0.4) is 0 Å². The van der Waals surface area contributed by atoms with Crippen molar-refractivity contribution in [1.82, 2.24) is 0 Å². The summed E-state index contributed by atoms with van der Waals surface area (Å²) in [5.41, 5.74) is 2.83. The molecule has 5 nitrogen and oxygen atoms in total. The van der Waals surface area contributed by atoms with E-state index in [2.05, 4.69) is 5.32 Å². The van der Waals surface area contributed by atoms with E-state index in [9.17, 15) is 14.4 Å². The Balaban J connectivity index is 1.39. The zero-order valence-corrected chi connectivity index (χ0v) is 18.9. The van der Waals surface area contributed by atoms with Crippen LogP contribution in [0.4, 0.5) is 5.69 Å². The Kier molecular flexibility index (Phi) is 5.25. The van der Waals surface area contributed by atoms with Crippen molar-refractivity contribution in [2.45, 2.75) is 25.5 Å². The summed E-state index contributed by atoms with van der Waals surface area (Å²) in [6, 6.07) is 23.2. The molecule has 5 rings (SSSR count). The summed E-state index contributed by atoms with van der Waals surface area (Å²) in [6.45, 7) is 3.77. The van der Waals surface area contributed by atoms with Crippen LogP contribution in [-0.4, -0.2) is 29.0 Å². The molecule has 1 aliphatic carbocycles. The Bertz CT molecular complexity index is 1360. The third-order valence-corrected chi connectivity index (χ3v) is 6.17. The molecule has 5 heteroatoms. The highest BCUT2D eigenvalue weighted by Crippen LogP contribution is 2.44. The van der Waals surface area contributed by atoms with Crippen molar-refractivity contribution in [2.75, 3.05) is 5.32 Å². The average molecular weight is 450 g/mol. The van der Waals surface area contributed by atoms with Crippen LogP contribution in [0.5, 0.6) is 0 Å². The van der Waals surface area contributed by atoms with Gasteiger partial charge in [0.1, 0.15) is 11.4 Å². The fourth-order valence-corrected chi connectivity index (χ4v) is 4.39. The quantitative estimate of drug-likeness (QED) is 0.323. The largest absolute Gasteiger partial charge is 0.484 e. The number of ketones is 3. The summed E-state index contributed by atoms with van der Waals surface area (Å²) >= 11 is 0. The molecule has 0 saturated heterocycles. The van der Waals surface area contributed by atoms with Crippen LogP contribution in [0.1, 0.15) is 45.7 Å². The zero-order valence-electron chi connectivity index (χ0n) is 18.9. The number of rotatable bonds is 5. The minimum Gasteiger partial charge on any atom is -0.484 e. The van der Waals surface area contributed by atoms with Crippen LogP contribution in [0, 0.1) is 0 Å². The van der Waals surface area contributed by atoms with E-state index in [1.165, 1.54) is 0 Å². The number of nitrogens with one attached hydrogen (secondary N) is 1. The third-order valence-electron chi connectivity index (χ3n) is 6.17. The zero-order chi connectivity index (χ0) is 23.9. The van der Waals surface area contributed by atoms with E-state index in [4.69, 9.17) is 4.74 Å². The molecule has 1 atom stereocenters. The maximum absolute atomic E-state index is 13.0. The maximum Gasteiger partial charge on any atom is 0.235 e. The van der Waals surface area contributed by atoms with E-state index in [1.807, 2.05) is 50.2 Å². The molecule has 0 amide bonds. The van der Waals surface area contributed by atoms with Gasteiger partial charge in [-0.1, -0.05) is 60.7 Å². The molecule has 0 saturated carbocycles. The van der Waals surface area contributed by atoms with Crippen LogP contribution >= 0.6 is 0 Å². The van der Waals surface area contributed by atoms with E-state index >= 15 is 0 Å². The van der Waals surface area contributed by atoms with Crippen molar-refractivity contribution in [1.29, 1.82) is 0 Å². The first-order chi connectivity index (χ1) is 16.3. The van der Waals surface area contributed by atoms with Crippen molar-refractivity contribution in [2.24, 2.45) is 0 Å². The number of carbonyl (C=O) groups is 3. The number of allylic oxidation sites excluding steroid dienone is 1. The fraction of sp³-hybridized carbons (Fsp3) is 0.138. The molecule has 0 bridgehead atoms. The van der Waals surface area contributed by atoms with Crippen LogP contribution < -0.4 is 5.32 Å². The minimum atomic E-state index is -0.759. The first-order valence-corrected chi connectivity index (χ1v) is 11.1. The SMILES string of the molecule is CC1(C)OC2=C(C(=O)C(=O)c3ccccc32)C1Nc1ccc(C(=O)C=Cc2ccccc2)cc1. The molecule has 168 valence electrons. The van der Waals surface area contributed by atoms with Gasteiger partial charge in [-0.15, -0.1) is 0 Å². The number of fused-ring (bicyclic) bond motifs is 2. The van der Waals surface area contributed by atoms with Gasteiger partial charge in [0.2, 0.25) is 11.6 Å². The molecule has 1 heterocycles. The summed E-state index contributed by atoms with van der Waals surface area (Å²) in [6.07, 6.45) is 3.33. The predicted octanol–water partition coefficient (Wildman–Crippen LogP) is 5.35. The minimum absolute atomic E-state index is 0.102. The topological polar surface area (TPSA) is 72.5 Å². The molecule has 0 radical (unpaired) electrons. The number of benzene rings is 3. The second kappa shape index (κ2) is 8.27. The molecule has 1 N–H and O–H groups in total. The molecular weight excluding hydrogens is 426 g/mol. The summed E-state index contributed by atoms with van der Waals surface area (Å²) in [5, 5.41) is 3.35. The summed E-state index contributed by atoms with van der Waals surface area (Å²) < 4.78 is 6.20. The molecule has 34 heavy (non-hydrogen) atoms. The van der Waals surface area contributed by atoms with Crippen LogP contribution in [0.2, 0.25) is 0 Å². The first-order valence-electron chi connectivity index (χ1n) is 11.1. The number of hydrogen-bond acceptors (Lipinski definition) is 5. The van der Waals surface area contributed by atoms with Gasteiger partial charge in [0, 0.05) is 22.4 Å². The lowest BCUT2D eigenvalue weighted by molar-refractivity contribution is -0.112. The monoisotopic (exact) mass is 449 g/mol. The number of carbonyl (C=O) groups excluding carboxylic acids is 3. The standard InChI is InChI=1S/C29H23NO4/c1-29(2)28(24-26(33)25(32)21-10-6-7-11-22(21)27(24)34-29)30-20-15-13-19(14-16-20)23(31)17-12-18-8-4-3-5-9-18/h3-17,28,30H,1-2H3. The molecule has 0 spiro atoms. The van der Waals surface area contributed by atoms with E-state index in [0.29, 0.717) is 28.0 Å². The molecular formula is C29H23NO4. The second-order valence-corrected chi connectivity index (χ2v) is 8.92. The Morgan fingerprint density at radius 3 is 2.21 bits per heavy atom. The summed E-state index contributed by atoms with van der Waals surface area (Å²) in [7, 11) is 0. The Labute approximate surface area is 197 Å². The summed E-state index contributed by atoms with van der Waals surface area (Å²) in [5.74, 6) is -0.710. The smallest absolute Gasteiger partial charge is 0.235 e. The lowest BCUT2D eigenvalue weighted by atomic mass is 9.83. The van der Waals surface area contributed by atoms with Gasteiger partial charge in [0.05, 0.1) is 11.6 Å². The molecule has 1 aliphatic heterocycles. The Morgan fingerprint density at radius 1 is 0.853 bits per heavy atom. The predicted molar refractivity (Wildman–Crippen MR) is 132 cm³/mol. The van der Waals surface area contributed by atoms with Crippen molar-refractivity contribution in [3.8, 4) is 0 Å². The molecule has 3 aromatic carbocycles. The van der Waals surface area contributed by atoms with Gasteiger partial charge in [0.25, 0.3) is 0 Å². The normalized spacial score (nSPS) is 18.5. The van der Waals surface area contributed by atoms with Gasteiger partial charge in [-0.25, -0.2) is 0 Å². The number of Topliss-reactive ketones (excluding diaryl/α,β-unsaturated/α-hetero) is 2. The van der Waals surface area contributed by atoms with Crippen molar-refractivity contribution in [3.63, 3.8) is 0 Å². The third kappa shape index (κ3) is 3.75. The molecule has 2 aliphatic rings. The van der Waals surface area contributed by atoms with Gasteiger partial charge >= 0.3 is 0 Å². The Hall–Kier alpha value is -4.25. The van der Waals surface area contributed by atoms with Crippen LogP contribution in [0.15, 0.2) is 90.5 Å². The number of anilines is 1. The van der Waals surface area contributed by atoms with E-state index in [1.54, 1.807) is 54.6 Å². The van der Waals surface area contributed by atoms with Gasteiger partial charge in [0.15, 0.2) is 5.78 Å². The van der Waals surface area contributed by atoms with E-state index in [0.717, 1.165) is 11.3 Å². The van der Waals surface area contributed by atoms with Gasteiger partial charge in [-0.05, 0) is 49.8 Å². The first kappa shape index (κ1) is 21.6. The average Bonchev–Trinajstić information content (AvgIpc) is 3.12. The van der Waals surface area contributed by atoms with E-state index in [-0.39, 0.29) is 5.78 Å². The highest BCUT2D eigenvalue weighted by molar-refractivity contribution is 6.52. The summed E-state index contributed by atoms with van der Waals surface area (Å²) in [4.78, 5) is 38.3. The van der Waals surface area contributed by atoms with Crippen LogP contribution in [-0.2, 0) is 9.53 Å². The molecule has 0 fully saturated rings. The van der Waals surface area contributed by atoms with Crippen molar-refractivity contribution < 1.29 is 19.1 Å². The highest BCUT2D eigenvalue weighted by atomic mass is 16.5. The number of hydrogen-bond donors (Lipinski definition) is 1. The lowest BCUT2D eigenvalue weighted by Gasteiger charge is -2.29.